The van der Waals surface area contributed by atoms with Gasteiger partial charge in [-0.25, -0.2) is 0 Å². The number of carbonyl (C=O) groups is 1. The van der Waals surface area contributed by atoms with Crippen LogP contribution in [0.3, 0.4) is 0 Å². The highest BCUT2D eigenvalue weighted by atomic mass is 16.1. The van der Waals surface area contributed by atoms with Crippen molar-refractivity contribution in [3.63, 3.8) is 0 Å². The van der Waals surface area contributed by atoms with Crippen LogP contribution in [0.4, 0.5) is 0 Å². The predicted molar refractivity (Wildman–Crippen MR) is 78.4 cm³/mol. The van der Waals surface area contributed by atoms with Crippen molar-refractivity contribution in [2.45, 2.75) is 46.0 Å². The van der Waals surface area contributed by atoms with Crippen molar-refractivity contribution in [1.82, 2.24) is 5.32 Å². The molecule has 0 aromatic heterocycles. The van der Waals surface area contributed by atoms with Gasteiger partial charge < -0.3 is 9.80 Å². The van der Waals surface area contributed by atoms with Crippen molar-refractivity contribution in [3.8, 4) is 0 Å². The fraction of sp³-hybridized carbons (Fsp3) is 0.800. The summed E-state index contributed by atoms with van der Waals surface area (Å²) in [6.07, 6.45) is 6.30. The molecule has 0 aromatic rings. The SMILES string of the molecule is C=C(C)C(=O)NCCC[N+](C)(C)CCCCCC. The molecule has 1 N–H and O–H groups in total. The normalized spacial score (nSPS) is 11.3. The Morgan fingerprint density at radius 3 is 2.28 bits per heavy atom. The number of nitrogens with one attached hydrogen (secondary N) is 1. The molecular formula is C15H31N2O+. The number of hydrogen-bond donors (Lipinski definition) is 1. The van der Waals surface area contributed by atoms with Gasteiger partial charge in [0.05, 0.1) is 27.2 Å². The van der Waals surface area contributed by atoms with E-state index in [1.165, 1.54) is 32.2 Å². The first kappa shape index (κ1) is 17.2. The summed E-state index contributed by atoms with van der Waals surface area (Å²) in [6, 6.07) is 0. The number of quaternary nitrogens is 1. The highest BCUT2D eigenvalue weighted by molar-refractivity contribution is 5.91. The van der Waals surface area contributed by atoms with E-state index in [2.05, 4.69) is 32.9 Å². The molecule has 18 heavy (non-hydrogen) atoms. The van der Waals surface area contributed by atoms with Gasteiger partial charge in [-0.05, 0) is 19.8 Å². The molecule has 0 aliphatic rings. The van der Waals surface area contributed by atoms with Gasteiger partial charge in [-0.3, -0.25) is 4.79 Å². The van der Waals surface area contributed by atoms with E-state index in [-0.39, 0.29) is 5.91 Å². The average Bonchev–Trinajstić information content (AvgIpc) is 2.30. The van der Waals surface area contributed by atoms with Gasteiger partial charge in [-0.2, -0.15) is 0 Å². The Balaban J connectivity index is 3.63. The minimum Gasteiger partial charge on any atom is -0.352 e. The smallest absolute Gasteiger partial charge is 0.246 e. The first-order chi connectivity index (χ1) is 8.39. The topological polar surface area (TPSA) is 29.1 Å². The fourth-order valence-corrected chi connectivity index (χ4v) is 1.94. The van der Waals surface area contributed by atoms with Crippen molar-refractivity contribution in [2.75, 3.05) is 33.7 Å². The lowest BCUT2D eigenvalue weighted by Crippen LogP contribution is -2.42. The molecule has 0 spiro atoms. The number of carbonyl (C=O) groups excluding carboxylic acids is 1. The third kappa shape index (κ3) is 9.23. The van der Waals surface area contributed by atoms with E-state index in [1.807, 2.05) is 0 Å². The minimum atomic E-state index is -0.0248. The van der Waals surface area contributed by atoms with Crippen molar-refractivity contribution in [1.29, 1.82) is 0 Å². The molecule has 0 aliphatic carbocycles. The van der Waals surface area contributed by atoms with Crippen LogP contribution < -0.4 is 5.32 Å². The highest BCUT2D eigenvalue weighted by Crippen LogP contribution is 2.06. The zero-order chi connectivity index (χ0) is 14.0. The third-order valence-corrected chi connectivity index (χ3v) is 3.23. The van der Waals surface area contributed by atoms with Gasteiger partial charge in [-0.15, -0.1) is 0 Å². The largest absolute Gasteiger partial charge is 0.352 e. The van der Waals surface area contributed by atoms with Crippen molar-refractivity contribution >= 4 is 5.91 Å². The van der Waals surface area contributed by atoms with Crippen LogP contribution in [-0.4, -0.2) is 44.1 Å². The van der Waals surface area contributed by atoms with Crippen LogP contribution in [0.2, 0.25) is 0 Å². The summed E-state index contributed by atoms with van der Waals surface area (Å²) in [4.78, 5) is 11.3. The first-order valence-corrected chi connectivity index (χ1v) is 7.15. The molecule has 0 saturated heterocycles. The van der Waals surface area contributed by atoms with Crippen LogP contribution in [0, 0.1) is 0 Å². The number of nitrogens with zero attached hydrogens (tertiary/aromatic N) is 1. The maximum atomic E-state index is 11.3. The summed E-state index contributed by atoms with van der Waals surface area (Å²) in [5.74, 6) is -0.0248. The Bertz CT molecular complexity index is 259. The molecule has 3 heteroatoms. The molecule has 0 rings (SSSR count). The van der Waals surface area contributed by atoms with Crippen LogP contribution in [0.1, 0.15) is 46.0 Å². The van der Waals surface area contributed by atoms with Gasteiger partial charge in [-0.1, -0.05) is 26.3 Å². The van der Waals surface area contributed by atoms with Gasteiger partial charge in [0.25, 0.3) is 0 Å². The molecular weight excluding hydrogens is 224 g/mol. The Labute approximate surface area is 113 Å². The van der Waals surface area contributed by atoms with E-state index in [0.29, 0.717) is 5.57 Å². The Hall–Kier alpha value is -0.830. The molecule has 1 amide bonds. The first-order valence-electron chi connectivity index (χ1n) is 7.15. The molecule has 106 valence electrons. The third-order valence-electron chi connectivity index (χ3n) is 3.23. The summed E-state index contributed by atoms with van der Waals surface area (Å²) in [6.45, 7) is 10.7. The predicted octanol–water partition coefficient (Wildman–Crippen LogP) is 2.73. The van der Waals surface area contributed by atoms with Gasteiger partial charge in [0.15, 0.2) is 0 Å². The van der Waals surface area contributed by atoms with E-state index in [9.17, 15) is 4.79 Å². The lowest BCUT2D eigenvalue weighted by Gasteiger charge is -2.30. The minimum absolute atomic E-state index is 0.0248. The Kier molecular flexibility index (Phi) is 8.73. The van der Waals surface area contributed by atoms with Crippen LogP contribution >= 0.6 is 0 Å². The van der Waals surface area contributed by atoms with Gasteiger partial charge in [0.2, 0.25) is 5.91 Å². The molecule has 0 saturated carbocycles. The number of unbranched alkanes of at least 4 members (excludes halogenated alkanes) is 3. The highest BCUT2D eigenvalue weighted by Gasteiger charge is 2.13. The standard InChI is InChI=1S/C15H30N2O/c1-6-7-8-9-12-17(4,5)13-10-11-16-15(18)14(2)3/h2,6-13H2,1,3-5H3/p+1. The van der Waals surface area contributed by atoms with E-state index in [1.54, 1.807) is 6.92 Å². The molecule has 3 nitrogen and oxygen atoms in total. The quantitative estimate of drug-likeness (QED) is 0.363. The average molecular weight is 255 g/mol. The lowest BCUT2D eigenvalue weighted by molar-refractivity contribution is -0.890. The molecule has 0 heterocycles. The zero-order valence-electron chi connectivity index (χ0n) is 12.7. The number of hydrogen-bond acceptors (Lipinski definition) is 1. The number of rotatable bonds is 10. The van der Waals surface area contributed by atoms with E-state index in [0.717, 1.165) is 24.0 Å². The van der Waals surface area contributed by atoms with Crippen LogP contribution in [0.25, 0.3) is 0 Å². The molecule has 0 aliphatic heterocycles. The second kappa shape index (κ2) is 9.15. The molecule has 0 radical (unpaired) electrons. The monoisotopic (exact) mass is 255 g/mol. The summed E-state index contributed by atoms with van der Waals surface area (Å²) in [7, 11) is 4.54. The second-order valence-corrected chi connectivity index (χ2v) is 5.83. The lowest BCUT2D eigenvalue weighted by atomic mass is 10.2. The van der Waals surface area contributed by atoms with E-state index in [4.69, 9.17) is 0 Å². The van der Waals surface area contributed by atoms with Crippen molar-refractivity contribution < 1.29 is 9.28 Å². The second-order valence-electron chi connectivity index (χ2n) is 5.83. The van der Waals surface area contributed by atoms with Gasteiger partial charge in [0.1, 0.15) is 0 Å². The fourth-order valence-electron chi connectivity index (χ4n) is 1.94. The van der Waals surface area contributed by atoms with Gasteiger partial charge >= 0.3 is 0 Å². The molecule has 0 atom stereocenters. The van der Waals surface area contributed by atoms with Crippen molar-refractivity contribution in [2.24, 2.45) is 0 Å². The zero-order valence-corrected chi connectivity index (χ0v) is 12.7. The molecule has 0 fully saturated rings. The summed E-state index contributed by atoms with van der Waals surface area (Å²) in [5.41, 5.74) is 0.586. The molecule has 0 unspecified atom stereocenters. The van der Waals surface area contributed by atoms with E-state index < -0.39 is 0 Å². The van der Waals surface area contributed by atoms with Crippen LogP contribution in [0.15, 0.2) is 12.2 Å². The van der Waals surface area contributed by atoms with Crippen LogP contribution in [0.5, 0.6) is 0 Å². The summed E-state index contributed by atoms with van der Waals surface area (Å²) < 4.78 is 1.05. The number of amides is 1. The maximum absolute atomic E-state index is 11.3. The van der Waals surface area contributed by atoms with Gasteiger partial charge in [0, 0.05) is 18.5 Å². The Morgan fingerprint density at radius 2 is 1.72 bits per heavy atom. The summed E-state index contributed by atoms with van der Waals surface area (Å²) >= 11 is 0. The van der Waals surface area contributed by atoms with Crippen molar-refractivity contribution in [3.05, 3.63) is 12.2 Å². The Morgan fingerprint density at radius 1 is 1.11 bits per heavy atom. The van der Waals surface area contributed by atoms with E-state index >= 15 is 0 Å². The van der Waals surface area contributed by atoms with Crippen LogP contribution in [-0.2, 0) is 4.79 Å². The molecule has 0 bridgehead atoms. The molecule has 0 aromatic carbocycles. The summed E-state index contributed by atoms with van der Waals surface area (Å²) in [5, 5.41) is 2.88. The maximum Gasteiger partial charge on any atom is 0.246 e.